The van der Waals surface area contributed by atoms with Crippen LogP contribution in [0.4, 0.5) is 4.79 Å². The van der Waals surface area contributed by atoms with E-state index in [4.69, 9.17) is 0 Å². The third-order valence-corrected chi connectivity index (χ3v) is 3.28. The standard InChI is InChI=1S/C10H20N3O2P/c1-8-2-4-9(5-3-8)11-10(14)13(12-15)6-7-16/h8-9H,2-7,16H2,1H3,(H,11,14). The van der Waals surface area contributed by atoms with Crippen LogP contribution in [-0.2, 0) is 0 Å². The van der Waals surface area contributed by atoms with E-state index in [0.717, 1.165) is 36.6 Å². The van der Waals surface area contributed by atoms with E-state index in [2.05, 4.69) is 26.8 Å². The Morgan fingerprint density at radius 1 is 1.44 bits per heavy atom. The summed E-state index contributed by atoms with van der Waals surface area (Å²) in [6.45, 7) is 2.58. The number of hydrogen-bond acceptors (Lipinski definition) is 3. The van der Waals surface area contributed by atoms with Crippen molar-refractivity contribution in [3.8, 4) is 0 Å². The van der Waals surface area contributed by atoms with Crippen molar-refractivity contribution >= 4 is 15.3 Å². The van der Waals surface area contributed by atoms with E-state index in [-0.39, 0.29) is 12.1 Å². The number of nitrogens with zero attached hydrogens (tertiary/aromatic N) is 2. The molecule has 1 saturated carbocycles. The predicted molar refractivity (Wildman–Crippen MR) is 67.0 cm³/mol. The topological polar surface area (TPSA) is 61.8 Å². The fourth-order valence-corrected chi connectivity index (χ4v) is 2.20. The van der Waals surface area contributed by atoms with E-state index < -0.39 is 0 Å². The third kappa shape index (κ3) is 4.05. The second-order valence-corrected chi connectivity index (χ2v) is 4.98. The van der Waals surface area contributed by atoms with Crippen molar-refractivity contribution in [1.82, 2.24) is 10.3 Å². The molecule has 1 unspecified atom stereocenters. The fourth-order valence-electron chi connectivity index (χ4n) is 1.96. The van der Waals surface area contributed by atoms with Crippen LogP contribution < -0.4 is 5.32 Å². The third-order valence-electron chi connectivity index (χ3n) is 3.02. The van der Waals surface area contributed by atoms with Gasteiger partial charge in [-0.3, -0.25) is 0 Å². The van der Waals surface area contributed by atoms with Gasteiger partial charge in [0.2, 0.25) is 0 Å². The number of carbonyl (C=O) groups is 1. The second kappa shape index (κ2) is 6.79. The molecule has 1 N–H and O–H groups in total. The molecule has 16 heavy (non-hydrogen) atoms. The van der Waals surface area contributed by atoms with Crippen LogP contribution in [0.2, 0.25) is 0 Å². The first-order valence-corrected chi connectivity index (χ1v) is 6.60. The van der Waals surface area contributed by atoms with Crippen molar-refractivity contribution in [3.05, 3.63) is 4.91 Å². The van der Waals surface area contributed by atoms with Gasteiger partial charge in [-0.1, -0.05) is 6.92 Å². The normalized spacial score (nSPS) is 24.9. The molecule has 0 radical (unpaired) electrons. The Bertz CT molecular complexity index is 242. The molecule has 0 aromatic rings. The number of nitroso groups, excluding NO2 is 1. The lowest BCUT2D eigenvalue weighted by molar-refractivity contribution is 0.191. The molecule has 1 aliphatic rings. The van der Waals surface area contributed by atoms with Gasteiger partial charge in [0.05, 0.1) is 11.8 Å². The summed E-state index contributed by atoms with van der Waals surface area (Å²) < 4.78 is 0. The zero-order valence-electron chi connectivity index (χ0n) is 9.69. The molecule has 6 heteroatoms. The maximum Gasteiger partial charge on any atom is 0.340 e. The Kier molecular flexibility index (Phi) is 5.67. The first-order valence-electron chi connectivity index (χ1n) is 5.78. The van der Waals surface area contributed by atoms with Gasteiger partial charge in [-0.2, -0.15) is 5.01 Å². The van der Waals surface area contributed by atoms with Crippen LogP contribution in [-0.4, -0.2) is 29.8 Å². The molecule has 0 spiro atoms. The zero-order valence-corrected chi connectivity index (χ0v) is 10.8. The van der Waals surface area contributed by atoms with Crippen LogP contribution in [0.5, 0.6) is 0 Å². The van der Waals surface area contributed by atoms with Gasteiger partial charge in [0.1, 0.15) is 0 Å². The number of hydrogen-bond donors (Lipinski definition) is 1. The summed E-state index contributed by atoms with van der Waals surface area (Å²) in [5, 5.41) is 6.52. The van der Waals surface area contributed by atoms with Crippen LogP contribution in [0.25, 0.3) is 0 Å². The highest BCUT2D eigenvalue weighted by Gasteiger charge is 2.22. The fraction of sp³-hybridized carbons (Fsp3) is 0.900. The van der Waals surface area contributed by atoms with E-state index in [1.54, 1.807) is 0 Å². The number of amides is 2. The van der Waals surface area contributed by atoms with Crippen LogP contribution in [0.3, 0.4) is 0 Å². The van der Waals surface area contributed by atoms with Crippen molar-refractivity contribution in [2.45, 2.75) is 38.6 Å². The Morgan fingerprint density at radius 2 is 2.06 bits per heavy atom. The highest BCUT2D eigenvalue weighted by molar-refractivity contribution is 7.16. The minimum Gasteiger partial charge on any atom is -0.334 e. The Balaban J connectivity index is 2.35. The SMILES string of the molecule is CC1CCC(NC(=O)N(CCP)N=O)CC1. The number of carbonyl (C=O) groups excluding carboxylic acids is 1. The number of rotatable bonds is 4. The second-order valence-electron chi connectivity index (χ2n) is 4.40. The van der Waals surface area contributed by atoms with Crippen molar-refractivity contribution in [1.29, 1.82) is 0 Å². The Labute approximate surface area is 98.5 Å². The average Bonchev–Trinajstić information content (AvgIpc) is 2.29. The van der Waals surface area contributed by atoms with Gasteiger partial charge in [0, 0.05) is 6.04 Å². The maximum absolute atomic E-state index is 11.6. The highest BCUT2D eigenvalue weighted by atomic mass is 31.0. The zero-order chi connectivity index (χ0) is 12.0. The molecule has 0 aromatic heterocycles. The maximum atomic E-state index is 11.6. The summed E-state index contributed by atoms with van der Waals surface area (Å²) >= 11 is 0. The number of urea groups is 1. The molecule has 1 fully saturated rings. The van der Waals surface area contributed by atoms with Crippen LogP contribution in [0.15, 0.2) is 5.29 Å². The Hall–Kier alpha value is -0.700. The Morgan fingerprint density at radius 3 is 2.56 bits per heavy atom. The summed E-state index contributed by atoms with van der Waals surface area (Å²) in [4.78, 5) is 22.1. The van der Waals surface area contributed by atoms with E-state index in [9.17, 15) is 9.70 Å². The van der Waals surface area contributed by atoms with Crippen LogP contribution >= 0.6 is 9.24 Å². The lowest BCUT2D eigenvalue weighted by Gasteiger charge is -2.27. The van der Waals surface area contributed by atoms with Crippen LogP contribution in [0, 0.1) is 10.8 Å². The van der Waals surface area contributed by atoms with Gasteiger partial charge in [-0.05, 0) is 37.8 Å². The smallest absolute Gasteiger partial charge is 0.334 e. The lowest BCUT2D eigenvalue weighted by atomic mass is 9.87. The predicted octanol–water partition coefficient (Wildman–Crippen LogP) is 2.13. The summed E-state index contributed by atoms with van der Waals surface area (Å²) in [5.41, 5.74) is 0. The van der Waals surface area contributed by atoms with E-state index >= 15 is 0 Å². The van der Waals surface area contributed by atoms with E-state index in [1.165, 1.54) is 0 Å². The molecular formula is C10H20N3O2P. The van der Waals surface area contributed by atoms with Gasteiger partial charge in [-0.15, -0.1) is 14.1 Å². The van der Waals surface area contributed by atoms with Gasteiger partial charge in [-0.25, -0.2) is 4.79 Å². The van der Waals surface area contributed by atoms with Gasteiger partial charge < -0.3 is 5.32 Å². The summed E-state index contributed by atoms with van der Waals surface area (Å²) in [6.07, 6.45) is 4.94. The molecule has 0 bridgehead atoms. The van der Waals surface area contributed by atoms with Gasteiger partial charge in [0.15, 0.2) is 0 Å². The molecule has 2 amide bonds. The largest absolute Gasteiger partial charge is 0.340 e. The first-order chi connectivity index (χ1) is 7.67. The van der Waals surface area contributed by atoms with E-state index in [1.807, 2.05) is 0 Å². The molecule has 0 saturated heterocycles. The molecular weight excluding hydrogens is 225 g/mol. The molecule has 92 valence electrons. The number of nitrogens with one attached hydrogen (secondary N) is 1. The highest BCUT2D eigenvalue weighted by Crippen LogP contribution is 2.23. The van der Waals surface area contributed by atoms with E-state index in [0.29, 0.717) is 12.7 Å². The van der Waals surface area contributed by atoms with Crippen molar-refractivity contribution < 1.29 is 4.79 Å². The van der Waals surface area contributed by atoms with Crippen molar-refractivity contribution in [3.63, 3.8) is 0 Å². The molecule has 0 aromatic carbocycles. The molecule has 1 rings (SSSR count). The van der Waals surface area contributed by atoms with Crippen molar-refractivity contribution in [2.24, 2.45) is 11.2 Å². The summed E-state index contributed by atoms with van der Waals surface area (Å²) in [7, 11) is 2.47. The lowest BCUT2D eigenvalue weighted by Crippen LogP contribution is -2.44. The quantitative estimate of drug-likeness (QED) is 0.468. The molecule has 0 aliphatic heterocycles. The summed E-state index contributed by atoms with van der Waals surface area (Å²) in [6, 6.07) is -0.158. The first kappa shape index (κ1) is 13.4. The van der Waals surface area contributed by atoms with Gasteiger partial charge >= 0.3 is 6.03 Å². The monoisotopic (exact) mass is 245 g/mol. The molecule has 1 atom stereocenters. The minimum absolute atomic E-state index is 0.206. The minimum atomic E-state index is -0.364. The molecule has 5 nitrogen and oxygen atoms in total. The van der Waals surface area contributed by atoms with Crippen LogP contribution in [0.1, 0.15) is 32.6 Å². The molecule has 0 heterocycles. The summed E-state index contributed by atoms with van der Waals surface area (Å²) in [5.74, 6) is 0.750. The van der Waals surface area contributed by atoms with Crippen molar-refractivity contribution in [2.75, 3.05) is 12.7 Å². The molecule has 1 aliphatic carbocycles. The average molecular weight is 245 g/mol. The van der Waals surface area contributed by atoms with Gasteiger partial charge in [0.25, 0.3) is 0 Å².